The number of aliphatic carboxylic acids is 1. The number of carboxylic acid groups (broad SMARTS) is 1. The second-order valence-corrected chi connectivity index (χ2v) is 2.57. The molecule has 1 saturated heterocycles. The number of Topliss-reactive ketones (excluding diaryl/α,β-unsaturated/α-hetero) is 1. The molecule has 5 heteroatoms. The smallest absolute Gasteiger partial charge is 0.337 e. The molecule has 1 fully saturated rings. The van der Waals surface area contributed by atoms with Gasteiger partial charge in [0.05, 0.1) is 0 Å². The third-order valence-corrected chi connectivity index (χ3v) is 2.03. The van der Waals surface area contributed by atoms with Gasteiger partial charge >= 0.3 is 5.97 Å². The fourth-order valence-corrected chi connectivity index (χ4v) is 0.904. The number of hydrogen-bond donors (Lipinski definition) is 1. The van der Waals surface area contributed by atoms with Crippen molar-refractivity contribution in [3.8, 4) is 0 Å². The minimum Gasteiger partial charge on any atom is -0.479 e. The number of hydrogen-bond acceptors (Lipinski definition) is 3. The van der Waals surface area contributed by atoms with E-state index in [0.29, 0.717) is 0 Å². The van der Waals surface area contributed by atoms with E-state index in [9.17, 15) is 14.4 Å². The molecule has 0 aliphatic carbocycles. The molecule has 1 atom stereocenters. The van der Waals surface area contributed by atoms with E-state index in [2.05, 4.69) is 0 Å². The van der Waals surface area contributed by atoms with Crippen molar-refractivity contribution in [2.45, 2.75) is 12.5 Å². The highest BCUT2D eigenvalue weighted by molar-refractivity contribution is 6.51. The lowest BCUT2D eigenvalue weighted by atomic mass is 9.85. The number of ketones is 1. The molecule has 0 spiro atoms. The van der Waals surface area contributed by atoms with E-state index in [1.54, 1.807) is 0 Å². The molecule has 11 heavy (non-hydrogen) atoms. The molecule has 1 aliphatic rings. The topological polar surface area (TPSA) is 74.7 Å². The van der Waals surface area contributed by atoms with Crippen LogP contribution in [0.2, 0.25) is 0 Å². The molecule has 1 N–H and O–H groups in total. The molecule has 0 radical (unpaired) electrons. The number of carboxylic acids is 1. The predicted octanol–water partition coefficient (Wildman–Crippen LogP) is -1.13. The Kier molecular flexibility index (Phi) is 1.27. The molecule has 0 bridgehead atoms. The van der Waals surface area contributed by atoms with Gasteiger partial charge in [0, 0.05) is 7.05 Å². The van der Waals surface area contributed by atoms with Crippen LogP contribution in [-0.2, 0) is 14.4 Å². The van der Waals surface area contributed by atoms with Gasteiger partial charge in [-0.25, -0.2) is 4.79 Å². The summed E-state index contributed by atoms with van der Waals surface area (Å²) in [4.78, 5) is 32.7. The fraction of sp³-hybridized carbons (Fsp3) is 0.500. The summed E-state index contributed by atoms with van der Waals surface area (Å²) in [5, 5.41) is 8.54. The minimum absolute atomic E-state index is 0.741. The van der Waals surface area contributed by atoms with Crippen molar-refractivity contribution in [2.75, 3.05) is 7.05 Å². The molecule has 0 aromatic rings. The van der Waals surface area contributed by atoms with E-state index in [1.807, 2.05) is 0 Å². The zero-order chi connectivity index (χ0) is 8.81. The summed E-state index contributed by atoms with van der Waals surface area (Å²) in [6.45, 7) is 1.21. The first-order valence-corrected chi connectivity index (χ1v) is 2.98. The highest BCUT2D eigenvalue weighted by Crippen LogP contribution is 2.25. The van der Waals surface area contributed by atoms with Gasteiger partial charge in [-0.15, -0.1) is 0 Å². The van der Waals surface area contributed by atoms with Gasteiger partial charge in [0.15, 0.2) is 0 Å². The third kappa shape index (κ3) is 0.621. The first kappa shape index (κ1) is 7.71. The lowest BCUT2D eigenvalue weighted by Crippen LogP contribution is -2.72. The van der Waals surface area contributed by atoms with E-state index < -0.39 is 23.2 Å². The first-order chi connectivity index (χ1) is 4.92. The molecule has 0 aromatic heterocycles. The van der Waals surface area contributed by atoms with Crippen LogP contribution in [0.3, 0.4) is 0 Å². The molecule has 0 aromatic carbocycles. The van der Waals surface area contributed by atoms with E-state index in [1.165, 1.54) is 14.0 Å². The van der Waals surface area contributed by atoms with Crippen molar-refractivity contribution < 1.29 is 19.5 Å². The maximum Gasteiger partial charge on any atom is 0.337 e. The zero-order valence-electron chi connectivity index (χ0n) is 6.12. The van der Waals surface area contributed by atoms with Gasteiger partial charge in [0.1, 0.15) is 0 Å². The van der Waals surface area contributed by atoms with Gasteiger partial charge in [-0.2, -0.15) is 0 Å². The van der Waals surface area contributed by atoms with Crippen molar-refractivity contribution >= 4 is 17.7 Å². The molecule has 60 valence electrons. The van der Waals surface area contributed by atoms with E-state index in [4.69, 9.17) is 5.11 Å². The van der Waals surface area contributed by atoms with E-state index in [0.717, 1.165) is 4.90 Å². The van der Waals surface area contributed by atoms with Crippen LogP contribution in [0.5, 0.6) is 0 Å². The van der Waals surface area contributed by atoms with Crippen molar-refractivity contribution in [3.63, 3.8) is 0 Å². The summed E-state index contributed by atoms with van der Waals surface area (Å²) in [6.07, 6.45) is 0. The summed E-state index contributed by atoms with van der Waals surface area (Å²) >= 11 is 0. The van der Waals surface area contributed by atoms with Crippen LogP contribution >= 0.6 is 0 Å². The number of carbonyl (C=O) groups is 3. The van der Waals surface area contributed by atoms with Gasteiger partial charge in [-0.1, -0.05) is 0 Å². The Morgan fingerprint density at radius 2 is 2.00 bits per heavy atom. The van der Waals surface area contributed by atoms with E-state index >= 15 is 0 Å². The monoisotopic (exact) mass is 157 g/mol. The van der Waals surface area contributed by atoms with Crippen molar-refractivity contribution in [1.29, 1.82) is 0 Å². The minimum atomic E-state index is -1.63. The Morgan fingerprint density at radius 3 is 2.18 bits per heavy atom. The fourth-order valence-electron chi connectivity index (χ4n) is 0.904. The molecular formula is C6H7NO4. The van der Waals surface area contributed by atoms with Crippen LogP contribution in [0, 0.1) is 0 Å². The molecule has 1 amide bonds. The van der Waals surface area contributed by atoms with Crippen molar-refractivity contribution in [2.24, 2.45) is 0 Å². The van der Waals surface area contributed by atoms with Crippen molar-refractivity contribution in [3.05, 3.63) is 0 Å². The van der Waals surface area contributed by atoms with E-state index in [-0.39, 0.29) is 0 Å². The number of likely N-dealkylation sites (N-methyl/N-ethyl adjacent to an activating group) is 1. The molecule has 5 nitrogen and oxygen atoms in total. The lowest BCUT2D eigenvalue weighted by Gasteiger charge is -2.41. The Hall–Kier alpha value is -1.39. The summed E-state index contributed by atoms with van der Waals surface area (Å²) in [6, 6.07) is 0. The summed E-state index contributed by atoms with van der Waals surface area (Å²) in [7, 11) is 1.29. The molecule has 1 aliphatic heterocycles. The Morgan fingerprint density at radius 1 is 1.55 bits per heavy atom. The van der Waals surface area contributed by atoms with Crippen LogP contribution in [0.4, 0.5) is 0 Å². The largest absolute Gasteiger partial charge is 0.479 e. The van der Waals surface area contributed by atoms with Crippen LogP contribution in [0.1, 0.15) is 6.92 Å². The third-order valence-electron chi connectivity index (χ3n) is 2.03. The number of rotatable bonds is 1. The highest BCUT2D eigenvalue weighted by Gasteiger charge is 2.60. The number of likely N-dealkylation sites (tertiary alicyclic amines) is 1. The normalized spacial score (nSPS) is 30.2. The Bertz CT molecular complexity index is 259. The molecule has 1 heterocycles. The molecule has 1 unspecified atom stereocenters. The van der Waals surface area contributed by atoms with Crippen molar-refractivity contribution in [1.82, 2.24) is 4.90 Å². The maximum atomic E-state index is 10.8. The second-order valence-electron chi connectivity index (χ2n) is 2.57. The Labute approximate surface area is 62.6 Å². The predicted molar refractivity (Wildman–Crippen MR) is 33.8 cm³/mol. The zero-order valence-corrected chi connectivity index (χ0v) is 6.12. The van der Waals surface area contributed by atoms with Crippen LogP contribution < -0.4 is 0 Å². The van der Waals surface area contributed by atoms with Gasteiger partial charge in [-0.3, -0.25) is 9.59 Å². The number of carbonyl (C=O) groups excluding carboxylic acids is 2. The standard InChI is InChI=1S/C6H7NO4/c1-6(5(10)11)3(8)4(9)7(6)2/h1-2H3,(H,10,11). The lowest BCUT2D eigenvalue weighted by molar-refractivity contribution is -0.177. The van der Waals surface area contributed by atoms with Crippen LogP contribution in [-0.4, -0.2) is 40.3 Å². The molecule has 0 saturated carbocycles. The van der Waals surface area contributed by atoms with Gasteiger partial charge < -0.3 is 10.0 Å². The first-order valence-electron chi connectivity index (χ1n) is 2.98. The Balaban J connectivity index is 3.00. The number of β-lactam (4-membered cyclic amide) rings is 1. The summed E-state index contributed by atoms with van der Waals surface area (Å²) < 4.78 is 0. The molecule has 1 rings (SSSR count). The van der Waals surface area contributed by atoms with Crippen LogP contribution in [0.25, 0.3) is 0 Å². The molecular weight excluding hydrogens is 150 g/mol. The summed E-state index contributed by atoms with van der Waals surface area (Å²) in [5.41, 5.74) is -1.63. The number of amides is 1. The number of nitrogens with zero attached hydrogens (tertiary/aromatic N) is 1. The summed E-state index contributed by atoms with van der Waals surface area (Å²) in [5.74, 6) is -2.88. The maximum absolute atomic E-state index is 10.8. The highest BCUT2D eigenvalue weighted by atomic mass is 16.4. The quantitative estimate of drug-likeness (QED) is 0.297. The van der Waals surface area contributed by atoms with Gasteiger partial charge in [-0.05, 0) is 6.92 Å². The van der Waals surface area contributed by atoms with Gasteiger partial charge in [0.2, 0.25) is 5.54 Å². The average molecular weight is 157 g/mol. The second kappa shape index (κ2) is 1.81. The SMILES string of the molecule is CN1C(=O)C(=O)C1(C)C(=O)O. The van der Waals surface area contributed by atoms with Gasteiger partial charge in [0.25, 0.3) is 11.7 Å². The van der Waals surface area contributed by atoms with Crippen LogP contribution in [0.15, 0.2) is 0 Å². The average Bonchev–Trinajstić information content (AvgIpc) is 1.99.